The molecule has 134 valence electrons. The largest absolute Gasteiger partial charge is 0.480 e. The molecule has 0 radical (unpaired) electrons. The molecule has 0 aliphatic heterocycles. The van der Waals surface area contributed by atoms with Crippen LogP contribution in [0.15, 0.2) is 24.3 Å². The van der Waals surface area contributed by atoms with Gasteiger partial charge in [-0.05, 0) is 29.5 Å². The molecule has 0 aromatic heterocycles. The smallest absolute Gasteiger partial charge is 0.321 e. The van der Waals surface area contributed by atoms with Crippen LogP contribution in [0.25, 0.3) is 0 Å². The molecule has 0 aliphatic rings. The number of hydrogen-bond donors (Lipinski definition) is 2. The summed E-state index contributed by atoms with van der Waals surface area (Å²) in [5, 5.41) is 7.98. The van der Waals surface area contributed by atoms with Crippen LogP contribution in [-0.4, -0.2) is 30.7 Å². The van der Waals surface area contributed by atoms with Gasteiger partial charge in [0.15, 0.2) is 0 Å². The quantitative estimate of drug-likeness (QED) is 0.783. The maximum absolute atomic E-state index is 12.2. The number of rotatable bonds is 7. The van der Waals surface area contributed by atoms with E-state index in [-0.39, 0.29) is 17.4 Å². The van der Waals surface area contributed by atoms with Crippen LogP contribution < -0.4 is 4.72 Å². The van der Waals surface area contributed by atoms with Crippen molar-refractivity contribution < 1.29 is 23.1 Å². The number of hydrogen-bond acceptors (Lipinski definition) is 4. The third-order valence-electron chi connectivity index (χ3n) is 3.67. The summed E-state index contributed by atoms with van der Waals surface area (Å²) in [4.78, 5) is 23.4. The lowest BCUT2D eigenvalue weighted by Gasteiger charge is -2.19. The Labute approximate surface area is 143 Å². The highest BCUT2D eigenvalue weighted by molar-refractivity contribution is 8.05. The molecule has 1 rings (SSSR count). The number of unbranched alkanes of at least 4 members (excludes halogenated alkanes) is 1. The van der Waals surface area contributed by atoms with Crippen molar-refractivity contribution in [2.45, 2.75) is 58.4 Å². The van der Waals surface area contributed by atoms with Crippen LogP contribution in [0.3, 0.4) is 0 Å². The number of carboxylic acids is 1. The Kier molecular flexibility index (Phi) is 6.68. The molecule has 0 bridgehead atoms. The number of carbonyl (C=O) groups excluding carboxylic acids is 1. The van der Waals surface area contributed by atoms with Crippen molar-refractivity contribution in [2.75, 3.05) is 0 Å². The molecule has 0 saturated heterocycles. The van der Waals surface area contributed by atoms with Crippen molar-refractivity contribution in [1.82, 2.24) is 4.72 Å². The SMILES string of the molecule is CCCCC(NS(=O)(=O)C(=O)c1ccc(C(C)(C)C)cc1)C(=O)O. The Balaban J connectivity index is 2.97. The number of aliphatic carboxylic acids is 1. The molecule has 0 spiro atoms. The van der Waals surface area contributed by atoms with Gasteiger partial charge < -0.3 is 5.11 Å². The molecular formula is C17H25NO5S. The van der Waals surface area contributed by atoms with Crippen LogP contribution in [-0.2, 0) is 20.2 Å². The average Bonchev–Trinajstić information content (AvgIpc) is 2.49. The first kappa shape index (κ1) is 20.3. The summed E-state index contributed by atoms with van der Waals surface area (Å²) < 4.78 is 26.3. The number of benzene rings is 1. The van der Waals surface area contributed by atoms with E-state index in [1.54, 1.807) is 12.1 Å². The van der Waals surface area contributed by atoms with Crippen molar-refractivity contribution >= 4 is 21.1 Å². The summed E-state index contributed by atoms with van der Waals surface area (Å²) in [6, 6.07) is 5.00. The Hall–Kier alpha value is -1.73. The first-order chi connectivity index (χ1) is 11.0. The minimum Gasteiger partial charge on any atom is -0.480 e. The van der Waals surface area contributed by atoms with Gasteiger partial charge in [0.25, 0.3) is 15.1 Å². The molecule has 7 heteroatoms. The molecule has 6 nitrogen and oxygen atoms in total. The normalized spacial score (nSPS) is 13.5. The lowest BCUT2D eigenvalue weighted by atomic mass is 9.87. The second-order valence-electron chi connectivity index (χ2n) is 6.77. The van der Waals surface area contributed by atoms with E-state index < -0.39 is 27.1 Å². The summed E-state index contributed by atoms with van der Waals surface area (Å²) in [7, 11) is -4.41. The standard InChI is InChI=1S/C17H25NO5S/c1-5-6-7-14(15(19)20)18-24(22,23)16(21)12-8-10-13(11-9-12)17(2,3)4/h8-11,14,18H,5-7H2,1-4H3,(H,19,20). The number of nitrogens with one attached hydrogen (secondary N) is 1. The Morgan fingerprint density at radius 1 is 1.17 bits per heavy atom. The summed E-state index contributed by atoms with van der Waals surface area (Å²) in [5.41, 5.74) is 0.860. The van der Waals surface area contributed by atoms with Crippen molar-refractivity contribution in [3.05, 3.63) is 35.4 Å². The third-order valence-corrected chi connectivity index (χ3v) is 4.99. The van der Waals surface area contributed by atoms with Crippen LogP contribution in [0.2, 0.25) is 0 Å². The predicted molar refractivity (Wildman–Crippen MR) is 92.5 cm³/mol. The van der Waals surface area contributed by atoms with E-state index in [4.69, 9.17) is 5.11 Å². The Morgan fingerprint density at radius 2 is 1.71 bits per heavy atom. The zero-order valence-corrected chi connectivity index (χ0v) is 15.3. The van der Waals surface area contributed by atoms with Crippen LogP contribution >= 0.6 is 0 Å². The predicted octanol–water partition coefficient (Wildman–Crippen LogP) is 2.69. The third kappa shape index (κ3) is 5.42. The second-order valence-corrected chi connectivity index (χ2v) is 8.38. The van der Waals surface area contributed by atoms with Gasteiger partial charge in [-0.1, -0.05) is 52.7 Å². The highest BCUT2D eigenvalue weighted by atomic mass is 32.2. The molecule has 2 N–H and O–H groups in total. The zero-order valence-electron chi connectivity index (χ0n) is 14.5. The van der Waals surface area contributed by atoms with Crippen molar-refractivity contribution in [3.63, 3.8) is 0 Å². The lowest BCUT2D eigenvalue weighted by Crippen LogP contribution is -2.43. The fraction of sp³-hybridized carbons (Fsp3) is 0.529. The molecule has 0 fully saturated rings. The number of carboxylic acid groups (broad SMARTS) is 1. The van der Waals surface area contributed by atoms with Gasteiger partial charge in [0.05, 0.1) is 0 Å². The summed E-state index contributed by atoms with van der Waals surface area (Å²) >= 11 is 0. The van der Waals surface area contributed by atoms with Crippen LogP contribution in [0.1, 0.15) is 62.9 Å². The first-order valence-corrected chi connectivity index (χ1v) is 9.37. The molecule has 1 aromatic rings. The topological polar surface area (TPSA) is 101 Å². The first-order valence-electron chi connectivity index (χ1n) is 7.89. The van der Waals surface area contributed by atoms with Gasteiger partial charge >= 0.3 is 5.97 Å². The Morgan fingerprint density at radius 3 is 2.12 bits per heavy atom. The fourth-order valence-corrected chi connectivity index (χ4v) is 3.29. The highest BCUT2D eigenvalue weighted by Crippen LogP contribution is 2.22. The lowest BCUT2D eigenvalue weighted by molar-refractivity contribution is -0.139. The van der Waals surface area contributed by atoms with Crippen LogP contribution in [0, 0.1) is 0 Å². The molecule has 1 aromatic carbocycles. The van der Waals surface area contributed by atoms with Gasteiger partial charge in [-0.25, -0.2) is 8.42 Å². The average molecular weight is 355 g/mol. The molecule has 24 heavy (non-hydrogen) atoms. The van der Waals surface area contributed by atoms with E-state index in [1.165, 1.54) is 12.1 Å². The van der Waals surface area contributed by atoms with Crippen LogP contribution in [0.5, 0.6) is 0 Å². The molecule has 0 amide bonds. The van der Waals surface area contributed by atoms with E-state index in [1.807, 2.05) is 32.4 Å². The highest BCUT2D eigenvalue weighted by Gasteiger charge is 2.30. The molecule has 1 unspecified atom stereocenters. The molecule has 1 atom stereocenters. The maximum atomic E-state index is 12.2. The van der Waals surface area contributed by atoms with Gasteiger partial charge in [0, 0.05) is 5.56 Å². The van der Waals surface area contributed by atoms with Gasteiger partial charge in [0.2, 0.25) is 0 Å². The van der Waals surface area contributed by atoms with Gasteiger partial charge in [-0.3, -0.25) is 9.59 Å². The number of carbonyl (C=O) groups is 2. The minimum atomic E-state index is -4.41. The van der Waals surface area contributed by atoms with E-state index >= 15 is 0 Å². The van der Waals surface area contributed by atoms with E-state index in [0.29, 0.717) is 6.42 Å². The molecule has 0 heterocycles. The Bertz CT molecular complexity index is 687. The van der Waals surface area contributed by atoms with Crippen molar-refractivity contribution in [2.24, 2.45) is 0 Å². The summed E-state index contributed by atoms with van der Waals surface area (Å²) in [5.74, 6) is -1.29. The summed E-state index contributed by atoms with van der Waals surface area (Å²) in [6.07, 6.45) is 1.42. The molecular weight excluding hydrogens is 330 g/mol. The zero-order chi connectivity index (χ0) is 18.5. The fourth-order valence-electron chi connectivity index (χ4n) is 2.14. The second kappa shape index (κ2) is 7.90. The van der Waals surface area contributed by atoms with Gasteiger partial charge in [-0.2, -0.15) is 4.72 Å². The van der Waals surface area contributed by atoms with Crippen LogP contribution in [0.4, 0.5) is 0 Å². The number of sulfonamides is 1. The maximum Gasteiger partial charge on any atom is 0.321 e. The van der Waals surface area contributed by atoms with Gasteiger partial charge in [0.1, 0.15) is 6.04 Å². The molecule has 0 saturated carbocycles. The van der Waals surface area contributed by atoms with E-state index in [9.17, 15) is 18.0 Å². The molecule has 0 aliphatic carbocycles. The van der Waals surface area contributed by atoms with Crippen molar-refractivity contribution in [3.8, 4) is 0 Å². The van der Waals surface area contributed by atoms with Crippen molar-refractivity contribution in [1.29, 1.82) is 0 Å². The summed E-state index contributed by atoms with van der Waals surface area (Å²) in [6.45, 7) is 7.89. The van der Waals surface area contributed by atoms with Gasteiger partial charge in [-0.15, -0.1) is 0 Å². The van der Waals surface area contributed by atoms with E-state index in [0.717, 1.165) is 12.0 Å². The van der Waals surface area contributed by atoms with E-state index in [2.05, 4.69) is 0 Å². The monoisotopic (exact) mass is 355 g/mol. The minimum absolute atomic E-state index is 0.00938.